The summed E-state index contributed by atoms with van der Waals surface area (Å²) in [7, 11) is 6.68. The molecule has 0 aromatic rings. The highest BCUT2D eigenvalue weighted by molar-refractivity contribution is 5.31. The van der Waals surface area contributed by atoms with E-state index < -0.39 is 0 Å². The summed E-state index contributed by atoms with van der Waals surface area (Å²) in [5, 5.41) is 14.8. The molecule has 10 atom stereocenters. The van der Waals surface area contributed by atoms with Gasteiger partial charge < -0.3 is 15.3 Å². The summed E-state index contributed by atoms with van der Waals surface area (Å²) in [4.78, 5) is 2.52. The average molecular weight is 417 g/mol. The van der Waals surface area contributed by atoms with Crippen molar-refractivity contribution in [3.63, 3.8) is 0 Å². The van der Waals surface area contributed by atoms with Crippen molar-refractivity contribution in [1.29, 1.82) is 0 Å². The van der Waals surface area contributed by atoms with Crippen molar-refractivity contribution in [1.82, 2.24) is 10.2 Å². The van der Waals surface area contributed by atoms with E-state index in [2.05, 4.69) is 66.0 Å². The fraction of sp³-hybridized carbons (Fsp3) is 1.00. The Morgan fingerprint density at radius 1 is 0.900 bits per heavy atom. The molecule has 5 aliphatic carbocycles. The zero-order chi connectivity index (χ0) is 21.9. The van der Waals surface area contributed by atoms with Crippen molar-refractivity contribution >= 4 is 0 Å². The lowest BCUT2D eigenvalue weighted by Crippen LogP contribution is -2.59. The van der Waals surface area contributed by atoms with Gasteiger partial charge in [0.15, 0.2) is 0 Å². The molecule has 5 saturated carbocycles. The highest BCUT2D eigenvalue weighted by Crippen LogP contribution is 2.89. The maximum absolute atomic E-state index is 11.3. The molecule has 0 amide bonds. The lowest BCUT2D eigenvalue weighted by molar-refractivity contribution is -0.150. The molecule has 5 rings (SSSR count). The summed E-state index contributed by atoms with van der Waals surface area (Å²) in [5.74, 6) is 2.09. The van der Waals surface area contributed by atoms with Gasteiger partial charge in [-0.2, -0.15) is 0 Å². The van der Waals surface area contributed by atoms with Crippen LogP contribution in [0.15, 0.2) is 0 Å². The Balaban J connectivity index is 1.51. The van der Waals surface area contributed by atoms with Gasteiger partial charge >= 0.3 is 0 Å². The van der Waals surface area contributed by atoms with Gasteiger partial charge in [0, 0.05) is 18.0 Å². The van der Waals surface area contributed by atoms with Crippen LogP contribution in [0, 0.1) is 44.8 Å². The van der Waals surface area contributed by atoms with E-state index in [0.29, 0.717) is 28.2 Å². The van der Waals surface area contributed by atoms with Crippen molar-refractivity contribution in [3.8, 4) is 0 Å². The van der Waals surface area contributed by atoms with Crippen molar-refractivity contribution in [2.75, 3.05) is 21.1 Å². The van der Waals surface area contributed by atoms with E-state index in [9.17, 15) is 5.11 Å². The van der Waals surface area contributed by atoms with E-state index in [0.717, 1.165) is 24.3 Å². The Labute approximate surface area is 185 Å². The van der Waals surface area contributed by atoms with E-state index in [1.165, 1.54) is 44.9 Å². The van der Waals surface area contributed by atoms with Crippen molar-refractivity contribution < 1.29 is 5.11 Å². The average Bonchev–Trinajstić information content (AvgIpc) is 3.26. The Morgan fingerprint density at radius 2 is 1.53 bits per heavy atom. The maximum atomic E-state index is 11.3. The summed E-state index contributed by atoms with van der Waals surface area (Å²) in [5.41, 5.74) is 2.15. The Morgan fingerprint density at radius 3 is 2.17 bits per heavy atom. The molecular formula is C27H48N2O. The van der Waals surface area contributed by atoms with Gasteiger partial charge in [0.1, 0.15) is 0 Å². The van der Waals surface area contributed by atoms with Crippen LogP contribution in [0.1, 0.15) is 86.0 Å². The number of rotatable bonds is 3. The van der Waals surface area contributed by atoms with Gasteiger partial charge in [0.25, 0.3) is 0 Å². The molecule has 2 spiro atoms. The number of nitrogens with one attached hydrogen (secondary N) is 1. The van der Waals surface area contributed by atoms with Crippen molar-refractivity contribution in [2.24, 2.45) is 44.8 Å². The standard InChI is InChI=1S/C27H48N2O/c1-17(28-6)22-18(30)15-25(5)20-10-9-19-23(2,3)21(29(7)8)11-12-26(19)16-27(20,26)14-13-24(22,25)4/h17-22,28,30H,9-16H2,1-8H3/t17-,18+,19?,20?,21?,22?,24?,25-,26?,27?/m0/s1. The van der Waals surface area contributed by atoms with Gasteiger partial charge in [-0.15, -0.1) is 0 Å². The molecule has 0 aliphatic heterocycles. The number of fused-ring (bicyclic) bond motifs is 2. The smallest absolute Gasteiger partial charge is 0.0594 e. The Kier molecular flexibility index (Phi) is 4.53. The molecule has 7 unspecified atom stereocenters. The number of hydrogen-bond donors (Lipinski definition) is 2. The summed E-state index contributed by atoms with van der Waals surface area (Å²) in [6.45, 7) is 12.6. The van der Waals surface area contributed by atoms with Crippen LogP contribution in [0.25, 0.3) is 0 Å². The quantitative estimate of drug-likeness (QED) is 0.684. The third-order valence-electron chi connectivity index (χ3n) is 12.8. The normalized spacial score (nSPS) is 57.2. The monoisotopic (exact) mass is 416 g/mol. The fourth-order valence-electron chi connectivity index (χ4n) is 11.4. The molecule has 172 valence electrons. The lowest BCUT2D eigenvalue weighted by atomic mass is 9.41. The van der Waals surface area contributed by atoms with Crippen LogP contribution in [0.4, 0.5) is 0 Å². The molecule has 0 radical (unpaired) electrons. The van der Waals surface area contributed by atoms with E-state index in [1.54, 1.807) is 0 Å². The topological polar surface area (TPSA) is 35.5 Å². The van der Waals surface area contributed by atoms with Crippen LogP contribution in [0.5, 0.6) is 0 Å². The molecular weight excluding hydrogens is 368 g/mol. The number of aliphatic hydroxyl groups excluding tert-OH is 1. The zero-order valence-electron chi connectivity index (χ0n) is 21.0. The summed E-state index contributed by atoms with van der Waals surface area (Å²) in [6, 6.07) is 1.11. The van der Waals surface area contributed by atoms with Gasteiger partial charge in [0.05, 0.1) is 6.10 Å². The minimum absolute atomic E-state index is 0.147. The van der Waals surface area contributed by atoms with Crippen LogP contribution in [-0.2, 0) is 0 Å². The molecule has 0 aromatic carbocycles. The molecule has 0 saturated heterocycles. The van der Waals surface area contributed by atoms with E-state index >= 15 is 0 Å². The molecule has 0 heterocycles. The van der Waals surface area contributed by atoms with Crippen LogP contribution in [-0.4, -0.2) is 49.3 Å². The molecule has 3 nitrogen and oxygen atoms in total. The van der Waals surface area contributed by atoms with E-state index in [1.807, 2.05) is 0 Å². The molecule has 30 heavy (non-hydrogen) atoms. The number of nitrogens with zero attached hydrogens (tertiary/aromatic N) is 1. The molecule has 2 N–H and O–H groups in total. The molecule has 0 aromatic heterocycles. The third-order valence-corrected chi connectivity index (χ3v) is 12.8. The minimum Gasteiger partial charge on any atom is -0.393 e. The van der Waals surface area contributed by atoms with Gasteiger partial charge in [0.2, 0.25) is 0 Å². The van der Waals surface area contributed by atoms with Crippen molar-refractivity contribution in [2.45, 2.75) is 104 Å². The largest absolute Gasteiger partial charge is 0.393 e. The molecule has 3 heteroatoms. The fourth-order valence-corrected chi connectivity index (χ4v) is 11.4. The highest BCUT2D eigenvalue weighted by atomic mass is 16.3. The zero-order valence-corrected chi connectivity index (χ0v) is 21.0. The second kappa shape index (κ2) is 6.26. The van der Waals surface area contributed by atoms with E-state index in [4.69, 9.17) is 0 Å². The van der Waals surface area contributed by atoms with Crippen LogP contribution >= 0.6 is 0 Å². The first kappa shape index (κ1) is 21.7. The third kappa shape index (κ3) is 2.24. The number of aliphatic hydroxyl groups is 1. The molecule has 5 fully saturated rings. The Hall–Kier alpha value is -0.120. The lowest BCUT2D eigenvalue weighted by Gasteiger charge is -2.64. The van der Waals surface area contributed by atoms with Crippen LogP contribution in [0.3, 0.4) is 0 Å². The van der Waals surface area contributed by atoms with E-state index in [-0.39, 0.29) is 16.9 Å². The SMILES string of the molecule is CN[C@@H](C)C1[C@H](O)C[C@@]2(C)C3CCC4C(C)(C)C(N(C)C)CCC45CC35CCC12C. The van der Waals surface area contributed by atoms with Crippen LogP contribution in [0.2, 0.25) is 0 Å². The summed E-state index contributed by atoms with van der Waals surface area (Å²) >= 11 is 0. The summed E-state index contributed by atoms with van der Waals surface area (Å²) in [6.07, 6.45) is 10.7. The predicted octanol–water partition coefficient (Wildman–Crippen LogP) is 4.93. The molecule has 0 bridgehead atoms. The first-order valence-corrected chi connectivity index (χ1v) is 12.9. The predicted molar refractivity (Wildman–Crippen MR) is 124 cm³/mol. The minimum atomic E-state index is -0.147. The maximum Gasteiger partial charge on any atom is 0.0594 e. The molecule has 5 aliphatic rings. The first-order valence-electron chi connectivity index (χ1n) is 12.9. The summed E-state index contributed by atoms with van der Waals surface area (Å²) < 4.78 is 0. The van der Waals surface area contributed by atoms with Gasteiger partial charge in [-0.05, 0) is 118 Å². The second-order valence-corrected chi connectivity index (χ2v) is 13.7. The highest BCUT2D eigenvalue weighted by Gasteiger charge is 2.82. The number of hydrogen-bond acceptors (Lipinski definition) is 3. The van der Waals surface area contributed by atoms with Gasteiger partial charge in [-0.3, -0.25) is 0 Å². The van der Waals surface area contributed by atoms with Gasteiger partial charge in [-0.25, -0.2) is 0 Å². The van der Waals surface area contributed by atoms with Crippen LogP contribution < -0.4 is 5.32 Å². The second-order valence-electron chi connectivity index (χ2n) is 13.7. The Bertz CT molecular complexity index is 720. The van der Waals surface area contributed by atoms with Gasteiger partial charge in [-0.1, -0.05) is 27.7 Å². The van der Waals surface area contributed by atoms with Crippen molar-refractivity contribution in [3.05, 3.63) is 0 Å². The first-order chi connectivity index (χ1) is 13.9.